The summed E-state index contributed by atoms with van der Waals surface area (Å²) < 4.78 is 12.4. The first kappa shape index (κ1) is 34.4. The second-order valence-electron chi connectivity index (χ2n) is 13.0. The number of hydrogen-bond donors (Lipinski definition) is 3. The first-order valence-electron chi connectivity index (χ1n) is 15.5. The van der Waals surface area contributed by atoms with E-state index in [1.54, 1.807) is 17.0 Å². The normalized spacial score (nSPS) is 26.9. The summed E-state index contributed by atoms with van der Waals surface area (Å²) in [5.41, 5.74) is 0.932. The number of nitrogens with zero attached hydrogens (tertiary/aromatic N) is 1. The second-order valence-corrected chi connectivity index (χ2v) is 14.1. The molecule has 11 heteroatoms. The van der Waals surface area contributed by atoms with Crippen LogP contribution in [-0.2, 0) is 14.4 Å². The Kier molecular flexibility index (Phi) is 11.5. The van der Waals surface area contributed by atoms with Crippen molar-refractivity contribution < 1.29 is 38.9 Å². The van der Waals surface area contributed by atoms with E-state index in [0.29, 0.717) is 63.7 Å². The van der Waals surface area contributed by atoms with Crippen LogP contribution in [0.2, 0.25) is 0 Å². The fourth-order valence-electron chi connectivity index (χ4n) is 7.33. The average molecular weight is 725 g/mol. The van der Waals surface area contributed by atoms with E-state index >= 15 is 0 Å². The van der Waals surface area contributed by atoms with Crippen LogP contribution in [0.4, 0.5) is 0 Å². The molecule has 1 aromatic carbocycles. The summed E-state index contributed by atoms with van der Waals surface area (Å²) in [6.07, 6.45) is 4.27. The van der Waals surface area contributed by atoms with Gasteiger partial charge in [0.2, 0.25) is 11.8 Å². The van der Waals surface area contributed by atoms with Crippen LogP contribution in [0.3, 0.4) is 0 Å². The molecule has 0 radical (unpaired) electrons. The molecule has 3 N–H and O–H groups in total. The molecule has 5 rings (SSSR count). The zero-order chi connectivity index (χ0) is 32.2. The van der Waals surface area contributed by atoms with Gasteiger partial charge in [0.1, 0.15) is 24.3 Å². The van der Waals surface area contributed by atoms with Crippen LogP contribution >= 0.6 is 22.6 Å². The highest BCUT2D eigenvalue weighted by Gasteiger charge is 2.55. The molecule has 44 heavy (non-hydrogen) atoms. The first-order chi connectivity index (χ1) is 20.9. The van der Waals surface area contributed by atoms with Crippen molar-refractivity contribution in [2.75, 3.05) is 26.8 Å². The molecule has 3 fully saturated rings. The molecule has 2 amide bonds. The van der Waals surface area contributed by atoms with Crippen LogP contribution in [0.25, 0.3) is 0 Å². The Morgan fingerprint density at radius 3 is 2.57 bits per heavy atom. The highest BCUT2D eigenvalue weighted by molar-refractivity contribution is 14.1. The lowest BCUT2D eigenvalue weighted by Gasteiger charge is -2.61. The number of aldehydes is 1. The van der Waals surface area contributed by atoms with Gasteiger partial charge in [-0.2, -0.15) is 0 Å². The Morgan fingerprint density at radius 1 is 1.20 bits per heavy atom. The van der Waals surface area contributed by atoms with Crippen LogP contribution in [0.15, 0.2) is 23.8 Å². The maximum absolute atomic E-state index is 13.9. The first-order valence-corrected chi connectivity index (χ1v) is 16.5. The van der Waals surface area contributed by atoms with Gasteiger partial charge in [-0.1, -0.05) is 13.8 Å². The summed E-state index contributed by atoms with van der Waals surface area (Å²) >= 11 is 2.03. The van der Waals surface area contributed by atoms with Crippen molar-refractivity contribution in [3.8, 4) is 11.5 Å². The van der Waals surface area contributed by atoms with Crippen LogP contribution in [-0.4, -0.2) is 84.1 Å². The molecule has 3 saturated carbocycles. The number of halogens is 1. The van der Waals surface area contributed by atoms with E-state index in [1.807, 2.05) is 22.6 Å². The lowest BCUT2D eigenvalue weighted by atomic mass is 9.45. The topological polar surface area (TPSA) is 142 Å². The molecule has 2 bridgehead atoms. The van der Waals surface area contributed by atoms with E-state index in [-0.39, 0.29) is 49.0 Å². The number of carbonyl (C=O) groups is 4. The lowest BCUT2D eigenvalue weighted by Crippen LogP contribution is -2.59. The third-order valence-corrected chi connectivity index (χ3v) is 10.7. The largest absolute Gasteiger partial charge is 0.493 e. The number of ketones is 1. The van der Waals surface area contributed by atoms with Gasteiger partial charge in [0.25, 0.3) is 0 Å². The number of amides is 2. The molecule has 6 atom stereocenters. The highest BCUT2D eigenvalue weighted by atomic mass is 127. The van der Waals surface area contributed by atoms with Gasteiger partial charge in [-0.3, -0.25) is 14.4 Å². The van der Waals surface area contributed by atoms with Crippen molar-refractivity contribution in [1.29, 1.82) is 0 Å². The van der Waals surface area contributed by atoms with Crippen LogP contribution in [0.1, 0.15) is 76.1 Å². The van der Waals surface area contributed by atoms with Crippen molar-refractivity contribution in [3.63, 3.8) is 0 Å². The van der Waals surface area contributed by atoms with Gasteiger partial charge in [0, 0.05) is 43.5 Å². The van der Waals surface area contributed by atoms with Crippen molar-refractivity contribution in [2.24, 2.45) is 23.2 Å². The number of aliphatic hydroxyl groups excluding tert-OH is 2. The number of fused-ring (bicyclic) bond motifs is 2. The molecule has 4 aliphatic rings. The number of carbonyl (C=O) groups excluding carboxylic acids is 4. The van der Waals surface area contributed by atoms with Crippen molar-refractivity contribution in [1.82, 2.24) is 10.2 Å². The maximum Gasteiger partial charge on any atom is 0.247 e. The van der Waals surface area contributed by atoms with E-state index < -0.39 is 24.2 Å². The van der Waals surface area contributed by atoms with Crippen LogP contribution in [0.5, 0.6) is 11.5 Å². The third kappa shape index (κ3) is 7.47. The van der Waals surface area contributed by atoms with Gasteiger partial charge in [-0.15, -0.1) is 0 Å². The number of rotatable bonds is 14. The predicted octanol–water partition coefficient (Wildman–Crippen LogP) is 3.69. The van der Waals surface area contributed by atoms with Crippen molar-refractivity contribution in [3.05, 3.63) is 32.9 Å². The van der Waals surface area contributed by atoms with Gasteiger partial charge in [-0.25, -0.2) is 0 Å². The van der Waals surface area contributed by atoms with Gasteiger partial charge < -0.3 is 34.7 Å². The molecule has 4 aliphatic carbocycles. The number of ether oxygens (including phenoxy) is 2. The number of aliphatic hydroxyl groups is 2. The van der Waals surface area contributed by atoms with Crippen LogP contribution in [0, 0.1) is 26.7 Å². The maximum atomic E-state index is 13.9. The fourth-order valence-corrected chi connectivity index (χ4v) is 8.08. The summed E-state index contributed by atoms with van der Waals surface area (Å²) in [6, 6.07) is 2.42. The average Bonchev–Trinajstić information content (AvgIpc) is 3.00. The minimum Gasteiger partial charge on any atom is -0.493 e. The predicted molar refractivity (Wildman–Crippen MR) is 172 cm³/mol. The molecule has 0 spiro atoms. The van der Waals surface area contributed by atoms with Gasteiger partial charge >= 0.3 is 0 Å². The molecule has 0 heterocycles. The molecular formula is C33H45IN2O8. The Labute approximate surface area is 273 Å². The van der Waals surface area contributed by atoms with E-state index in [1.165, 1.54) is 20.1 Å². The van der Waals surface area contributed by atoms with E-state index in [4.69, 9.17) is 9.47 Å². The molecule has 242 valence electrons. The van der Waals surface area contributed by atoms with E-state index in [0.717, 1.165) is 19.3 Å². The zero-order valence-electron chi connectivity index (χ0n) is 26.0. The Bertz CT molecular complexity index is 1280. The number of methoxy groups -OCH3 is 1. The van der Waals surface area contributed by atoms with Crippen molar-refractivity contribution >= 4 is 46.5 Å². The van der Waals surface area contributed by atoms with E-state index in [9.17, 15) is 29.4 Å². The standard InChI is InChI=1S/C33H45IN2O8/c1-19(39)6-5-7-29(40)36(17-21-8-9-23-16-24(21)33(23,2)3)26-14-22(32(42)35-10-11-37)15-27(30(26)41)44-31-25(34)12-20(18-38)13-28(31)43-4/h12-13,15,18,21,23-24,26-27,30,37,41H,5-11,14,16-17H2,1-4H3,(H,35,42). The summed E-state index contributed by atoms with van der Waals surface area (Å²) in [4.78, 5) is 52.0. The zero-order valence-corrected chi connectivity index (χ0v) is 28.2. The second kappa shape index (κ2) is 14.7. The van der Waals surface area contributed by atoms with E-state index in [2.05, 4.69) is 19.2 Å². The van der Waals surface area contributed by atoms with Crippen molar-refractivity contribution in [2.45, 2.75) is 84.0 Å². The molecule has 1 aromatic rings. The Morgan fingerprint density at radius 2 is 1.95 bits per heavy atom. The number of benzene rings is 1. The number of hydrogen-bond acceptors (Lipinski definition) is 8. The molecular weight excluding hydrogens is 679 g/mol. The van der Waals surface area contributed by atoms with Gasteiger partial charge in [-0.05, 0) is 96.6 Å². The lowest BCUT2D eigenvalue weighted by molar-refractivity contribution is -0.148. The minimum atomic E-state index is -1.18. The minimum absolute atomic E-state index is 0.0139. The molecule has 0 aromatic heterocycles. The molecule has 0 saturated heterocycles. The molecule has 10 nitrogen and oxygen atoms in total. The molecule has 0 aliphatic heterocycles. The number of nitrogens with one attached hydrogen (secondary N) is 1. The summed E-state index contributed by atoms with van der Waals surface area (Å²) in [6.45, 7) is 6.38. The highest BCUT2D eigenvalue weighted by Crippen LogP contribution is 2.61. The number of Topliss-reactive ketones (excluding diaryl/α,β-unsaturated/α-hetero) is 1. The summed E-state index contributed by atoms with van der Waals surface area (Å²) in [7, 11) is 1.45. The quantitative estimate of drug-likeness (QED) is 0.195. The fraction of sp³-hybridized carbons (Fsp3) is 0.636. The third-order valence-electron chi connectivity index (χ3n) is 9.93. The van der Waals surface area contributed by atoms with Crippen LogP contribution < -0.4 is 14.8 Å². The van der Waals surface area contributed by atoms with Gasteiger partial charge in [0.15, 0.2) is 11.5 Å². The summed E-state index contributed by atoms with van der Waals surface area (Å²) in [5.74, 6) is 1.46. The smallest absolute Gasteiger partial charge is 0.247 e. The van der Waals surface area contributed by atoms with Gasteiger partial charge in [0.05, 0.1) is 23.3 Å². The molecule has 6 unspecified atom stereocenters. The monoisotopic (exact) mass is 724 g/mol. The Balaban J connectivity index is 1.69. The summed E-state index contributed by atoms with van der Waals surface area (Å²) in [5, 5.41) is 23.9. The SMILES string of the molecule is COc1cc(C=O)cc(I)c1OC1C=C(C(=O)NCCO)CC(N(CC2CCC3CC2C3(C)C)C(=O)CCCC(C)=O)C1O. The Hall–Kier alpha value is -2.51.